The van der Waals surface area contributed by atoms with Crippen molar-refractivity contribution < 1.29 is 80.2 Å². The number of carbonyl (C=O) groups is 4. The van der Waals surface area contributed by atoms with E-state index in [4.69, 9.17) is 37.0 Å². The maximum atomic E-state index is 13.1. The van der Waals surface area contributed by atoms with Gasteiger partial charge in [0.05, 0.1) is 26.4 Å². The summed E-state index contributed by atoms with van der Waals surface area (Å²) in [6.07, 6.45) is 74.0. The lowest BCUT2D eigenvalue weighted by molar-refractivity contribution is -0.161. The minimum absolute atomic E-state index is 0.0900. The lowest BCUT2D eigenvalue weighted by atomic mass is 10.1. The maximum absolute atomic E-state index is 13.1. The van der Waals surface area contributed by atoms with Crippen LogP contribution in [-0.4, -0.2) is 96.7 Å². The molecule has 3 N–H and O–H groups in total. The molecule has 0 aliphatic rings. The summed E-state index contributed by atoms with van der Waals surface area (Å²) in [4.78, 5) is 72.8. The van der Waals surface area contributed by atoms with Crippen LogP contribution in [-0.2, 0) is 65.4 Å². The van der Waals surface area contributed by atoms with Gasteiger partial charge in [0, 0.05) is 25.7 Å². The van der Waals surface area contributed by atoms with Crippen molar-refractivity contribution >= 4 is 39.5 Å². The van der Waals surface area contributed by atoms with Gasteiger partial charge in [-0.25, -0.2) is 9.13 Å². The summed E-state index contributed by atoms with van der Waals surface area (Å²) in [5, 5.41) is 10.6. The molecule has 0 aliphatic carbocycles. The van der Waals surface area contributed by atoms with Crippen LogP contribution >= 0.6 is 15.6 Å². The molecule has 19 heteroatoms. The smallest absolute Gasteiger partial charge is 0.462 e. The fraction of sp³-hybridized carbons (Fsp3) is 0.747. The van der Waals surface area contributed by atoms with Crippen molar-refractivity contribution in [3.8, 4) is 0 Å². The number of carbonyl (C=O) groups excluding carboxylic acids is 4. The molecule has 5 atom stereocenters. The zero-order valence-electron chi connectivity index (χ0n) is 61.7. The Morgan fingerprint density at radius 3 is 0.827 bits per heavy atom. The van der Waals surface area contributed by atoms with Crippen molar-refractivity contribution in [2.75, 3.05) is 39.6 Å². The molecule has 0 bridgehead atoms. The van der Waals surface area contributed by atoms with Crippen LogP contribution in [0.4, 0.5) is 0 Å². The van der Waals surface area contributed by atoms with Gasteiger partial charge in [0.1, 0.15) is 19.3 Å². The largest absolute Gasteiger partial charge is 0.472 e. The maximum Gasteiger partial charge on any atom is 0.472 e. The van der Waals surface area contributed by atoms with Crippen LogP contribution in [0.25, 0.3) is 0 Å². The molecule has 0 saturated heterocycles. The van der Waals surface area contributed by atoms with Crippen LogP contribution in [0, 0.1) is 0 Å². The zero-order valence-corrected chi connectivity index (χ0v) is 63.5. The monoisotopic (exact) mass is 1420 g/mol. The van der Waals surface area contributed by atoms with Crippen molar-refractivity contribution in [1.82, 2.24) is 0 Å². The highest BCUT2D eigenvalue weighted by Gasteiger charge is 2.30. The molecule has 17 nitrogen and oxygen atoms in total. The second-order valence-electron chi connectivity index (χ2n) is 25.5. The Morgan fingerprint density at radius 2 is 0.531 bits per heavy atom. The first kappa shape index (κ1) is 94.0. The highest BCUT2D eigenvalue weighted by atomic mass is 31.2. The number of unbranched alkanes of at least 4 members (excludes halogenated alkanes) is 30. The molecule has 0 radical (unpaired) electrons. The van der Waals surface area contributed by atoms with E-state index in [0.717, 1.165) is 167 Å². The molecule has 0 fully saturated rings. The molecule has 566 valence electrons. The number of phosphoric acid groups is 2. The molecular weight excluding hydrogens is 1280 g/mol. The standard InChI is InChI=1S/C79H138O17P2/c1-5-9-13-17-21-25-29-31-33-35-36-38-40-42-46-48-52-56-60-64-77(82)90-70-75(96-79(84)66-62-58-54-50-44-28-24-20-16-12-8-4)72-94-98(87,88)92-68-73(80)67-91-97(85,86)93-71-74(95-78(83)65-61-57-53-49-43-27-23-19-15-11-7-3)69-89-76(81)63-59-55-51-47-45-41-39-37-34-32-30-26-22-18-14-10-6-2/h9-10,13-14,21-22,25-26,31-34,36,38,42,46,73-75,80H,5-8,11-12,15-20,23-24,27-30,35,37,39-41,43-45,47-72H2,1-4H3,(H,85,86)(H,87,88)/b13-9-,14-10-,25-21-,26-22-,33-31-,34-32-,38-36-,46-42-. The fourth-order valence-electron chi connectivity index (χ4n) is 10.3. The van der Waals surface area contributed by atoms with E-state index < -0.39 is 97.5 Å². The zero-order chi connectivity index (χ0) is 71.8. The Kier molecular flexibility index (Phi) is 68.4. The average Bonchev–Trinajstić information content (AvgIpc) is 1.03. The minimum Gasteiger partial charge on any atom is -0.462 e. The Bertz CT molecular complexity index is 2240. The predicted molar refractivity (Wildman–Crippen MR) is 399 cm³/mol. The first-order valence-electron chi connectivity index (χ1n) is 38.5. The third kappa shape index (κ3) is 70.4. The Labute approximate surface area is 595 Å². The predicted octanol–water partition coefficient (Wildman–Crippen LogP) is 22.0. The van der Waals surface area contributed by atoms with Crippen LogP contribution in [0.5, 0.6) is 0 Å². The van der Waals surface area contributed by atoms with Gasteiger partial charge in [0.2, 0.25) is 0 Å². The minimum atomic E-state index is -4.98. The van der Waals surface area contributed by atoms with E-state index in [1.54, 1.807) is 0 Å². The molecule has 0 aliphatic heterocycles. The molecule has 0 aromatic rings. The second-order valence-corrected chi connectivity index (χ2v) is 28.5. The van der Waals surface area contributed by atoms with Gasteiger partial charge in [-0.3, -0.25) is 37.3 Å². The van der Waals surface area contributed by atoms with E-state index in [-0.39, 0.29) is 25.7 Å². The molecule has 0 heterocycles. The third-order valence-electron chi connectivity index (χ3n) is 16.1. The van der Waals surface area contributed by atoms with Gasteiger partial charge in [-0.1, -0.05) is 292 Å². The molecule has 0 spiro atoms. The van der Waals surface area contributed by atoms with E-state index >= 15 is 0 Å². The second kappa shape index (κ2) is 71.4. The number of esters is 4. The van der Waals surface area contributed by atoms with Gasteiger partial charge >= 0.3 is 39.5 Å². The van der Waals surface area contributed by atoms with Crippen molar-refractivity contribution in [3.05, 3.63) is 97.2 Å². The first-order valence-corrected chi connectivity index (χ1v) is 41.5. The van der Waals surface area contributed by atoms with Crippen molar-refractivity contribution in [3.63, 3.8) is 0 Å². The Balaban J connectivity index is 5.29. The van der Waals surface area contributed by atoms with Gasteiger partial charge in [0.15, 0.2) is 12.2 Å². The summed E-state index contributed by atoms with van der Waals surface area (Å²) in [6, 6.07) is 0. The van der Waals surface area contributed by atoms with Gasteiger partial charge < -0.3 is 33.8 Å². The Morgan fingerprint density at radius 1 is 0.296 bits per heavy atom. The summed E-state index contributed by atoms with van der Waals surface area (Å²) < 4.78 is 68.4. The third-order valence-corrected chi connectivity index (χ3v) is 18.0. The summed E-state index contributed by atoms with van der Waals surface area (Å²) in [5.74, 6) is -2.20. The van der Waals surface area contributed by atoms with Crippen LogP contribution in [0.1, 0.15) is 323 Å². The number of aliphatic hydroxyl groups is 1. The molecule has 0 saturated carbocycles. The van der Waals surface area contributed by atoms with Gasteiger partial charge in [-0.2, -0.15) is 0 Å². The van der Waals surface area contributed by atoms with Gasteiger partial charge in [-0.05, 0) is 103 Å². The highest BCUT2D eigenvalue weighted by Crippen LogP contribution is 2.45. The fourth-order valence-corrected chi connectivity index (χ4v) is 11.8. The van der Waals surface area contributed by atoms with Crippen LogP contribution in [0.3, 0.4) is 0 Å². The topological polar surface area (TPSA) is 237 Å². The summed E-state index contributed by atoms with van der Waals surface area (Å²) in [5.41, 5.74) is 0. The van der Waals surface area contributed by atoms with Crippen molar-refractivity contribution in [2.45, 2.75) is 341 Å². The quantitative estimate of drug-likeness (QED) is 0.0169. The molecule has 0 aromatic carbocycles. The van der Waals surface area contributed by atoms with Crippen LogP contribution in [0.2, 0.25) is 0 Å². The highest BCUT2D eigenvalue weighted by molar-refractivity contribution is 7.47. The van der Waals surface area contributed by atoms with E-state index in [9.17, 15) is 43.2 Å². The van der Waals surface area contributed by atoms with E-state index in [1.807, 2.05) is 0 Å². The number of aliphatic hydroxyl groups excluding tert-OH is 1. The summed E-state index contributed by atoms with van der Waals surface area (Å²) in [7, 11) is -9.95. The first-order chi connectivity index (χ1) is 47.7. The normalized spacial score (nSPS) is 14.5. The van der Waals surface area contributed by atoms with Crippen molar-refractivity contribution in [1.29, 1.82) is 0 Å². The lowest BCUT2D eigenvalue weighted by Crippen LogP contribution is -2.30. The summed E-state index contributed by atoms with van der Waals surface area (Å²) >= 11 is 0. The average molecular weight is 1420 g/mol. The van der Waals surface area contributed by atoms with Crippen molar-refractivity contribution in [2.24, 2.45) is 0 Å². The van der Waals surface area contributed by atoms with E-state index in [0.29, 0.717) is 25.7 Å². The molecule has 0 aromatic heterocycles. The molecule has 0 amide bonds. The summed E-state index contributed by atoms with van der Waals surface area (Å²) in [6.45, 7) is 4.61. The molecule has 5 unspecified atom stereocenters. The Hall–Kier alpha value is -4.02. The lowest BCUT2D eigenvalue weighted by Gasteiger charge is -2.21. The molecule has 98 heavy (non-hydrogen) atoms. The molecular formula is C79H138O17P2. The van der Waals surface area contributed by atoms with Gasteiger partial charge in [0.25, 0.3) is 0 Å². The van der Waals surface area contributed by atoms with Crippen LogP contribution in [0.15, 0.2) is 97.2 Å². The number of allylic oxidation sites excluding steroid dienone is 16. The van der Waals surface area contributed by atoms with E-state index in [2.05, 4.69) is 125 Å². The molecule has 0 rings (SSSR count). The van der Waals surface area contributed by atoms with E-state index in [1.165, 1.54) is 77.0 Å². The van der Waals surface area contributed by atoms with Crippen LogP contribution < -0.4 is 0 Å². The SMILES string of the molecule is CC/C=C\C/C=C\C/C=C\C/C=C\C/C=C\CCCCCC(=O)OCC(COP(=O)(O)OCC(O)COP(=O)(O)OCC(COC(=O)CCCCCCCCC/C=C\C/C=C\C/C=C\CC)OC(=O)CCCCCCCCCCCCC)OC(=O)CCCCCCCCCCCCC. The number of rotatable bonds is 72. The van der Waals surface area contributed by atoms with Gasteiger partial charge in [-0.15, -0.1) is 0 Å². The number of hydrogen-bond donors (Lipinski definition) is 3. The number of phosphoric ester groups is 2. The number of ether oxygens (including phenoxy) is 4. The number of hydrogen-bond acceptors (Lipinski definition) is 15.